The first kappa shape index (κ1) is 18.9. The van der Waals surface area contributed by atoms with Crippen molar-refractivity contribution in [3.05, 3.63) is 29.2 Å². The topological polar surface area (TPSA) is 164 Å². The second-order valence-electron chi connectivity index (χ2n) is 3.95. The quantitative estimate of drug-likeness (QED) is 0.412. The van der Waals surface area contributed by atoms with E-state index in [-0.39, 0.29) is 38.1 Å². The van der Waals surface area contributed by atoms with Crippen molar-refractivity contribution in [3.8, 4) is 5.75 Å². The number of fused-ring (bicyclic) bond motifs is 1. The number of hydrogen-bond acceptors (Lipinski definition) is 9. The molecule has 0 radical (unpaired) electrons. The zero-order valence-corrected chi connectivity index (χ0v) is 16.3. The molecule has 0 spiro atoms. The summed E-state index contributed by atoms with van der Waals surface area (Å²) in [6.45, 7) is 0. The molecule has 0 heterocycles. The summed E-state index contributed by atoms with van der Waals surface area (Å²) < 4.78 is 65.8. The van der Waals surface area contributed by atoms with E-state index in [4.69, 9.17) is 0 Å². The summed E-state index contributed by atoms with van der Waals surface area (Å²) in [6, 6.07) is 3.30. The standard InChI is InChI=1S/C10H7NO8S2.Cd/c12-10-8(21(17,18)19)4-5-3-6(20(14,15)16)1-2-7(5)9(10)11-13;/h1-4,12H,(H,14,15,16)(H,17,18,19);/q;+2/p-2. The van der Waals surface area contributed by atoms with Crippen LogP contribution in [-0.2, 0) is 47.5 Å². The van der Waals surface area contributed by atoms with Crippen molar-refractivity contribution >= 4 is 36.7 Å². The number of phenols is 1. The maximum absolute atomic E-state index is 11.0. The second kappa shape index (κ2) is 6.15. The molecular weight excluding hydrogens is 439 g/mol. The number of nitroso groups, excluding NO2 is 1. The van der Waals surface area contributed by atoms with Crippen molar-refractivity contribution in [1.82, 2.24) is 0 Å². The van der Waals surface area contributed by atoms with Crippen LogP contribution in [-0.4, -0.2) is 31.0 Å². The van der Waals surface area contributed by atoms with Gasteiger partial charge < -0.3 is 14.2 Å². The first-order valence-electron chi connectivity index (χ1n) is 5.10. The maximum atomic E-state index is 11.0. The Hall–Kier alpha value is -1.16. The van der Waals surface area contributed by atoms with Crippen LogP contribution < -0.4 is 0 Å². The molecular formula is C10H5CdNO8S2. The molecule has 0 aliphatic heterocycles. The first-order chi connectivity index (χ1) is 9.55. The van der Waals surface area contributed by atoms with E-state index in [2.05, 4.69) is 5.18 Å². The minimum Gasteiger partial charge on any atom is -0.744 e. The van der Waals surface area contributed by atoms with Crippen LogP contribution in [0.25, 0.3) is 10.8 Å². The molecule has 2 rings (SSSR count). The largest absolute Gasteiger partial charge is 2.00 e. The molecule has 0 amide bonds. The van der Waals surface area contributed by atoms with Crippen molar-refractivity contribution in [1.29, 1.82) is 0 Å². The summed E-state index contributed by atoms with van der Waals surface area (Å²) >= 11 is 0. The van der Waals surface area contributed by atoms with E-state index < -0.39 is 41.5 Å². The van der Waals surface area contributed by atoms with Gasteiger partial charge in [0.15, 0.2) is 11.4 Å². The zero-order valence-electron chi connectivity index (χ0n) is 10.6. The van der Waals surface area contributed by atoms with Crippen LogP contribution in [0.4, 0.5) is 5.69 Å². The molecule has 0 unspecified atom stereocenters. The van der Waals surface area contributed by atoms with Crippen LogP contribution in [0.3, 0.4) is 0 Å². The molecule has 9 nitrogen and oxygen atoms in total. The fourth-order valence-corrected chi connectivity index (χ4v) is 2.88. The average Bonchev–Trinajstić information content (AvgIpc) is 2.35. The van der Waals surface area contributed by atoms with Crippen LogP contribution in [0.15, 0.2) is 39.2 Å². The minimum atomic E-state index is -5.13. The van der Waals surface area contributed by atoms with E-state index in [0.29, 0.717) is 6.07 Å². The van der Waals surface area contributed by atoms with Crippen molar-refractivity contribution in [2.75, 3.05) is 0 Å². The fraction of sp³-hybridized carbons (Fsp3) is 0. The molecule has 0 aliphatic rings. The Bertz CT molecular complexity index is 968. The van der Waals surface area contributed by atoms with Crippen molar-refractivity contribution in [2.45, 2.75) is 9.79 Å². The van der Waals surface area contributed by atoms with Gasteiger partial charge in [-0.15, -0.1) is 4.91 Å². The smallest absolute Gasteiger partial charge is 0.744 e. The van der Waals surface area contributed by atoms with Gasteiger partial charge in [0.1, 0.15) is 20.2 Å². The molecule has 1 N–H and O–H groups in total. The van der Waals surface area contributed by atoms with Crippen LogP contribution >= 0.6 is 0 Å². The zero-order chi connectivity index (χ0) is 16.0. The molecule has 2 aromatic carbocycles. The summed E-state index contributed by atoms with van der Waals surface area (Å²) in [4.78, 5) is 8.89. The monoisotopic (exact) mass is 445 g/mol. The molecule has 0 aromatic heterocycles. The van der Waals surface area contributed by atoms with Crippen molar-refractivity contribution in [3.63, 3.8) is 0 Å². The van der Waals surface area contributed by atoms with E-state index in [0.717, 1.165) is 18.2 Å². The van der Waals surface area contributed by atoms with E-state index in [1.807, 2.05) is 0 Å². The number of benzene rings is 2. The Morgan fingerprint density at radius 3 is 2.05 bits per heavy atom. The van der Waals surface area contributed by atoms with E-state index >= 15 is 0 Å². The van der Waals surface area contributed by atoms with Crippen molar-refractivity contribution in [2.24, 2.45) is 5.18 Å². The predicted octanol–water partition coefficient (Wildman–Crippen LogP) is 0.749. The second-order valence-corrected chi connectivity index (χ2v) is 6.68. The summed E-state index contributed by atoms with van der Waals surface area (Å²) in [5.74, 6) is -1.13. The molecule has 0 saturated carbocycles. The summed E-state index contributed by atoms with van der Waals surface area (Å²) in [5.41, 5.74) is -0.739. The average molecular weight is 444 g/mol. The molecule has 0 saturated heterocycles. The van der Waals surface area contributed by atoms with Gasteiger partial charge >= 0.3 is 27.3 Å². The maximum Gasteiger partial charge on any atom is 2.00 e. The SMILES string of the molecule is O=Nc1c(O)c(S(=O)(=O)[O-])cc2cc(S(=O)(=O)[O-])ccc12.[Cd+2]. The number of hydrogen-bond donors (Lipinski definition) is 1. The van der Waals surface area contributed by atoms with E-state index in [9.17, 15) is 36.0 Å². The summed E-state index contributed by atoms with van der Waals surface area (Å²) in [5, 5.41) is 11.7. The van der Waals surface area contributed by atoms with Gasteiger partial charge in [-0.05, 0) is 28.8 Å². The Morgan fingerprint density at radius 2 is 1.59 bits per heavy atom. The van der Waals surface area contributed by atoms with E-state index in [1.54, 1.807) is 0 Å². The summed E-state index contributed by atoms with van der Waals surface area (Å²) in [7, 11) is -9.95. The predicted molar refractivity (Wildman–Crippen MR) is 67.0 cm³/mol. The van der Waals surface area contributed by atoms with E-state index in [1.165, 1.54) is 0 Å². The van der Waals surface area contributed by atoms with Gasteiger partial charge in [-0.3, -0.25) is 0 Å². The third kappa shape index (κ3) is 3.43. The summed E-state index contributed by atoms with van der Waals surface area (Å²) in [6.07, 6.45) is 0. The number of rotatable bonds is 3. The minimum absolute atomic E-state index is 0. The van der Waals surface area contributed by atoms with Gasteiger partial charge in [-0.25, -0.2) is 16.8 Å². The normalized spacial score (nSPS) is 11.9. The first-order valence-corrected chi connectivity index (χ1v) is 7.92. The van der Waals surface area contributed by atoms with Gasteiger partial charge in [-0.2, -0.15) is 0 Å². The number of phenolic OH excluding ortho intramolecular Hbond substituents is 1. The molecule has 0 aliphatic carbocycles. The van der Waals surface area contributed by atoms with Gasteiger partial charge in [0.25, 0.3) is 0 Å². The molecule has 0 bridgehead atoms. The molecule has 112 valence electrons. The molecule has 12 heteroatoms. The van der Waals surface area contributed by atoms with Crippen LogP contribution in [0.1, 0.15) is 0 Å². The third-order valence-corrected chi connectivity index (χ3v) is 4.35. The third-order valence-electron chi connectivity index (χ3n) is 2.67. The molecule has 2 aromatic rings. The van der Waals surface area contributed by atoms with Crippen molar-refractivity contribution < 1.29 is 58.3 Å². The Labute approximate surface area is 144 Å². The van der Waals surface area contributed by atoms with Gasteiger partial charge in [-0.1, -0.05) is 6.07 Å². The number of aromatic hydroxyl groups is 1. The molecule has 0 fully saturated rings. The molecule has 0 atom stereocenters. The van der Waals surface area contributed by atoms with Crippen LogP contribution in [0, 0.1) is 4.91 Å². The Balaban J connectivity index is 0.00000242. The van der Waals surface area contributed by atoms with Crippen LogP contribution in [0.5, 0.6) is 5.75 Å². The fourth-order valence-electron chi connectivity index (χ4n) is 1.77. The van der Waals surface area contributed by atoms with Gasteiger partial charge in [0.2, 0.25) is 0 Å². The van der Waals surface area contributed by atoms with Gasteiger partial charge in [0.05, 0.1) is 9.79 Å². The Kier molecular flexibility index (Phi) is 5.28. The van der Waals surface area contributed by atoms with Gasteiger partial charge in [0, 0.05) is 5.39 Å². The Morgan fingerprint density at radius 1 is 1.00 bits per heavy atom. The van der Waals surface area contributed by atoms with Crippen LogP contribution in [0.2, 0.25) is 0 Å². The molecule has 22 heavy (non-hydrogen) atoms. The number of nitrogens with zero attached hydrogens (tertiary/aromatic N) is 1.